The zero-order valence-electron chi connectivity index (χ0n) is 12.1. The lowest BCUT2D eigenvalue weighted by molar-refractivity contribution is 0.604. The SMILES string of the molecule is O=c1c2ccc3occcc3c2nc2ccc3ccccc3c12. The summed E-state index contributed by atoms with van der Waals surface area (Å²) in [6.07, 6.45) is 1.63. The van der Waals surface area contributed by atoms with Gasteiger partial charge in [-0.3, -0.25) is 4.79 Å². The lowest BCUT2D eigenvalue weighted by Gasteiger charge is -2.06. The third kappa shape index (κ3) is 1.64. The number of hydrogen-bond donors (Lipinski definition) is 0. The van der Waals surface area contributed by atoms with Crippen LogP contribution in [0.2, 0.25) is 0 Å². The maximum atomic E-state index is 13.1. The molecule has 0 saturated carbocycles. The number of nitrogens with zero attached hydrogens (tertiary/aromatic N) is 1. The van der Waals surface area contributed by atoms with Crippen molar-refractivity contribution in [2.24, 2.45) is 0 Å². The van der Waals surface area contributed by atoms with E-state index in [0.717, 1.165) is 27.3 Å². The average molecular weight is 297 g/mol. The molecule has 5 rings (SSSR count). The second-order valence-electron chi connectivity index (χ2n) is 5.61. The minimum Gasteiger partial charge on any atom is -0.464 e. The summed E-state index contributed by atoms with van der Waals surface area (Å²) in [6.45, 7) is 0. The summed E-state index contributed by atoms with van der Waals surface area (Å²) in [6, 6.07) is 19.2. The molecule has 0 radical (unpaired) electrons. The smallest absolute Gasteiger partial charge is 0.198 e. The van der Waals surface area contributed by atoms with Crippen molar-refractivity contribution in [2.45, 2.75) is 0 Å². The molecule has 2 heterocycles. The summed E-state index contributed by atoms with van der Waals surface area (Å²) in [5, 5.41) is 4.17. The van der Waals surface area contributed by atoms with E-state index in [1.165, 1.54) is 0 Å². The van der Waals surface area contributed by atoms with Crippen LogP contribution in [0.5, 0.6) is 0 Å². The number of aromatic nitrogens is 1. The van der Waals surface area contributed by atoms with Crippen molar-refractivity contribution in [3.8, 4) is 0 Å². The molecule has 0 unspecified atom stereocenters. The molecule has 0 aliphatic heterocycles. The molecule has 3 nitrogen and oxygen atoms in total. The summed E-state index contributed by atoms with van der Waals surface area (Å²) < 4.78 is 5.50. The molecule has 0 N–H and O–H groups in total. The Morgan fingerprint density at radius 2 is 1.65 bits per heavy atom. The highest BCUT2D eigenvalue weighted by Crippen LogP contribution is 2.27. The van der Waals surface area contributed by atoms with E-state index in [0.29, 0.717) is 16.3 Å². The van der Waals surface area contributed by atoms with Crippen molar-refractivity contribution in [3.63, 3.8) is 0 Å². The van der Waals surface area contributed by atoms with Crippen LogP contribution in [0.1, 0.15) is 0 Å². The molecule has 0 aliphatic rings. The Balaban J connectivity index is 2.10. The molecular weight excluding hydrogens is 286 g/mol. The van der Waals surface area contributed by atoms with Gasteiger partial charge in [0, 0.05) is 10.8 Å². The van der Waals surface area contributed by atoms with Crippen LogP contribution in [0.3, 0.4) is 0 Å². The molecule has 0 bridgehead atoms. The third-order valence-electron chi connectivity index (χ3n) is 4.32. The molecule has 0 amide bonds. The Bertz CT molecular complexity index is 1290. The summed E-state index contributed by atoms with van der Waals surface area (Å²) in [7, 11) is 0. The average Bonchev–Trinajstić information content (AvgIpc) is 2.61. The van der Waals surface area contributed by atoms with Crippen molar-refractivity contribution in [1.29, 1.82) is 0 Å². The lowest BCUT2D eigenvalue weighted by atomic mass is 10.0. The fraction of sp³-hybridized carbons (Fsp3) is 0. The molecule has 108 valence electrons. The van der Waals surface area contributed by atoms with Crippen molar-refractivity contribution in [2.75, 3.05) is 0 Å². The van der Waals surface area contributed by atoms with Gasteiger partial charge >= 0.3 is 0 Å². The predicted octanol–water partition coefficient (Wildman–Crippen LogP) is 4.65. The van der Waals surface area contributed by atoms with E-state index in [9.17, 15) is 4.79 Å². The maximum Gasteiger partial charge on any atom is 0.198 e. The lowest BCUT2D eigenvalue weighted by Crippen LogP contribution is -2.05. The van der Waals surface area contributed by atoms with E-state index in [1.807, 2.05) is 54.6 Å². The molecule has 2 aromatic heterocycles. The van der Waals surface area contributed by atoms with Crippen LogP contribution in [-0.4, -0.2) is 4.98 Å². The quantitative estimate of drug-likeness (QED) is 0.309. The first-order valence-corrected chi connectivity index (χ1v) is 7.45. The van der Waals surface area contributed by atoms with Gasteiger partial charge in [0.25, 0.3) is 0 Å². The molecule has 3 aromatic carbocycles. The molecule has 0 aliphatic carbocycles. The van der Waals surface area contributed by atoms with Gasteiger partial charge < -0.3 is 4.42 Å². The largest absolute Gasteiger partial charge is 0.464 e. The monoisotopic (exact) mass is 297 g/mol. The highest BCUT2D eigenvalue weighted by molar-refractivity contribution is 6.13. The maximum absolute atomic E-state index is 13.1. The number of fused-ring (bicyclic) bond motifs is 6. The molecular formula is C20H11NO2. The van der Waals surface area contributed by atoms with Gasteiger partial charge in [-0.25, -0.2) is 4.98 Å². The highest BCUT2D eigenvalue weighted by atomic mass is 16.3. The van der Waals surface area contributed by atoms with Gasteiger partial charge in [0.05, 0.1) is 22.7 Å². The summed E-state index contributed by atoms with van der Waals surface area (Å²) in [4.78, 5) is 17.8. The van der Waals surface area contributed by atoms with Gasteiger partial charge in [-0.1, -0.05) is 30.3 Å². The molecule has 0 atom stereocenters. The summed E-state index contributed by atoms with van der Waals surface area (Å²) in [5.74, 6) is 0. The Hall–Kier alpha value is -3.20. The first-order chi connectivity index (χ1) is 11.3. The molecule has 23 heavy (non-hydrogen) atoms. The van der Waals surface area contributed by atoms with Gasteiger partial charge in [-0.2, -0.15) is 0 Å². The van der Waals surface area contributed by atoms with Crippen LogP contribution in [0.4, 0.5) is 0 Å². The van der Waals surface area contributed by atoms with Crippen LogP contribution in [-0.2, 0) is 0 Å². The van der Waals surface area contributed by atoms with E-state index in [-0.39, 0.29) is 5.43 Å². The van der Waals surface area contributed by atoms with Gasteiger partial charge in [-0.05, 0) is 41.1 Å². The Morgan fingerprint density at radius 1 is 0.783 bits per heavy atom. The highest BCUT2D eigenvalue weighted by Gasteiger charge is 2.12. The van der Waals surface area contributed by atoms with Crippen LogP contribution in [0, 0.1) is 0 Å². The van der Waals surface area contributed by atoms with E-state index < -0.39 is 0 Å². The second-order valence-corrected chi connectivity index (χ2v) is 5.61. The van der Waals surface area contributed by atoms with Crippen molar-refractivity contribution in [1.82, 2.24) is 4.98 Å². The van der Waals surface area contributed by atoms with E-state index in [2.05, 4.69) is 0 Å². The first-order valence-electron chi connectivity index (χ1n) is 7.45. The zero-order valence-corrected chi connectivity index (χ0v) is 12.1. The molecule has 0 saturated heterocycles. The fourth-order valence-electron chi connectivity index (χ4n) is 3.25. The molecule has 0 spiro atoms. The summed E-state index contributed by atoms with van der Waals surface area (Å²) in [5.41, 5.74) is 2.16. The molecule has 3 heteroatoms. The van der Waals surface area contributed by atoms with Crippen LogP contribution in [0.15, 0.2) is 76.1 Å². The van der Waals surface area contributed by atoms with Crippen molar-refractivity contribution < 1.29 is 4.42 Å². The topological polar surface area (TPSA) is 43.1 Å². The summed E-state index contributed by atoms with van der Waals surface area (Å²) >= 11 is 0. The Kier molecular flexibility index (Phi) is 2.36. The Morgan fingerprint density at radius 3 is 2.61 bits per heavy atom. The minimum absolute atomic E-state index is 0.0209. The minimum atomic E-state index is 0.0209. The second kappa shape index (κ2) is 4.40. The van der Waals surface area contributed by atoms with Gasteiger partial charge in [-0.15, -0.1) is 0 Å². The van der Waals surface area contributed by atoms with Gasteiger partial charge in [0.2, 0.25) is 0 Å². The predicted molar refractivity (Wildman–Crippen MR) is 92.8 cm³/mol. The normalized spacial score (nSPS) is 11.7. The van der Waals surface area contributed by atoms with Crippen molar-refractivity contribution in [3.05, 3.63) is 77.2 Å². The van der Waals surface area contributed by atoms with E-state index in [1.54, 1.807) is 12.3 Å². The first kappa shape index (κ1) is 12.4. The number of hydrogen-bond acceptors (Lipinski definition) is 3. The number of rotatable bonds is 0. The third-order valence-corrected chi connectivity index (χ3v) is 4.32. The van der Waals surface area contributed by atoms with E-state index in [4.69, 9.17) is 9.40 Å². The fourth-order valence-corrected chi connectivity index (χ4v) is 3.25. The molecule has 0 fully saturated rings. The van der Waals surface area contributed by atoms with Crippen LogP contribution in [0.25, 0.3) is 43.5 Å². The Labute approximate surface area is 130 Å². The van der Waals surface area contributed by atoms with Crippen LogP contribution < -0.4 is 5.43 Å². The number of pyridine rings is 1. The van der Waals surface area contributed by atoms with Gasteiger partial charge in [0.1, 0.15) is 5.58 Å². The zero-order chi connectivity index (χ0) is 15.4. The standard InChI is InChI=1S/C20H11NO2/c22-20-15-8-10-17-14(6-3-11-23-17)19(15)21-16-9-7-12-4-1-2-5-13(12)18(16)20/h1-11H. The van der Waals surface area contributed by atoms with Gasteiger partial charge in [0.15, 0.2) is 5.43 Å². The van der Waals surface area contributed by atoms with E-state index >= 15 is 0 Å². The number of benzene rings is 3. The molecule has 5 aromatic rings. The van der Waals surface area contributed by atoms with Crippen molar-refractivity contribution >= 4 is 43.5 Å². The van der Waals surface area contributed by atoms with Crippen LogP contribution >= 0.6 is 0 Å².